The van der Waals surface area contributed by atoms with Crippen molar-refractivity contribution in [3.8, 4) is 0 Å². The van der Waals surface area contributed by atoms with E-state index in [1.807, 2.05) is 30.5 Å². The molecule has 7 heteroatoms. The van der Waals surface area contributed by atoms with Gasteiger partial charge in [-0.2, -0.15) is 0 Å². The number of fused-ring (bicyclic) bond motifs is 3. The summed E-state index contributed by atoms with van der Waals surface area (Å²) in [4.78, 5) is 34.1. The summed E-state index contributed by atoms with van der Waals surface area (Å²) in [6.45, 7) is 13.1. The summed E-state index contributed by atoms with van der Waals surface area (Å²) in [5.41, 5.74) is 4.36. The van der Waals surface area contributed by atoms with E-state index in [9.17, 15) is 9.59 Å². The smallest absolute Gasteiger partial charge is 0.263 e. The Kier molecular flexibility index (Phi) is 8.06. The number of rotatable bonds is 8. The summed E-state index contributed by atoms with van der Waals surface area (Å²) in [6.07, 6.45) is 5.22. The van der Waals surface area contributed by atoms with Gasteiger partial charge in [-0.1, -0.05) is 57.7 Å². The number of carbonyl (C=O) groups is 1. The lowest BCUT2D eigenvalue weighted by Crippen LogP contribution is -2.28. The predicted octanol–water partition coefficient (Wildman–Crippen LogP) is 6.93. The van der Waals surface area contributed by atoms with Crippen molar-refractivity contribution in [2.75, 3.05) is 5.32 Å². The lowest BCUT2D eigenvalue weighted by molar-refractivity contribution is -0.115. The average molecular weight is 512 g/mol. The zero-order chi connectivity index (χ0) is 25.3. The van der Waals surface area contributed by atoms with Crippen molar-refractivity contribution in [3.05, 3.63) is 50.1 Å². The summed E-state index contributed by atoms with van der Waals surface area (Å²) >= 11 is 3.06. The van der Waals surface area contributed by atoms with Crippen molar-refractivity contribution < 1.29 is 4.79 Å². The number of para-hydroxylation sites is 1. The fourth-order valence-electron chi connectivity index (χ4n) is 4.67. The molecule has 1 aliphatic carbocycles. The van der Waals surface area contributed by atoms with Crippen LogP contribution in [0.1, 0.15) is 81.4 Å². The summed E-state index contributed by atoms with van der Waals surface area (Å²) in [5.74, 6) is 0.716. The molecule has 0 spiro atoms. The third-order valence-corrected chi connectivity index (χ3v) is 9.07. The SMILES string of the molecule is Cc1cccc(C(C)C)c1NC(=O)[C@@H](C)Sc1nc2sc3c(c2c(=O)n1CCC(C)C)CCCC3. The van der Waals surface area contributed by atoms with Crippen molar-refractivity contribution in [3.63, 3.8) is 0 Å². The molecule has 0 fully saturated rings. The maximum atomic E-state index is 13.7. The number of hydrogen-bond acceptors (Lipinski definition) is 5. The van der Waals surface area contributed by atoms with Crippen molar-refractivity contribution in [2.45, 2.75) is 96.5 Å². The van der Waals surface area contributed by atoms with Crippen LogP contribution in [-0.4, -0.2) is 20.7 Å². The van der Waals surface area contributed by atoms with Gasteiger partial charge < -0.3 is 5.32 Å². The van der Waals surface area contributed by atoms with Crippen molar-refractivity contribution >= 4 is 44.9 Å². The number of thioether (sulfide) groups is 1. The Bertz CT molecular complexity index is 1290. The molecule has 0 radical (unpaired) electrons. The van der Waals surface area contributed by atoms with Crippen LogP contribution in [0.4, 0.5) is 5.69 Å². The fraction of sp³-hybridized carbons (Fsp3) is 0.536. The number of carbonyl (C=O) groups excluding carboxylic acids is 1. The molecule has 4 rings (SSSR count). The van der Waals surface area contributed by atoms with Gasteiger partial charge in [0.15, 0.2) is 5.16 Å². The molecular weight excluding hydrogens is 474 g/mol. The lowest BCUT2D eigenvalue weighted by Gasteiger charge is -2.20. The van der Waals surface area contributed by atoms with Crippen LogP contribution >= 0.6 is 23.1 Å². The highest BCUT2D eigenvalue weighted by molar-refractivity contribution is 8.00. The maximum absolute atomic E-state index is 13.7. The molecule has 3 aromatic rings. The van der Waals surface area contributed by atoms with Gasteiger partial charge in [-0.15, -0.1) is 11.3 Å². The minimum absolute atomic E-state index is 0.0613. The van der Waals surface area contributed by atoms with E-state index in [-0.39, 0.29) is 16.7 Å². The van der Waals surface area contributed by atoms with Gasteiger partial charge in [0.2, 0.25) is 5.91 Å². The van der Waals surface area contributed by atoms with E-state index in [2.05, 4.69) is 39.1 Å². The molecule has 1 aromatic carbocycles. The molecule has 1 atom stereocenters. The van der Waals surface area contributed by atoms with Gasteiger partial charge in [-0.05, 0) is 74.5 Å². The molecule has 0 unspecified atom stereocenters. The molecule has 0 saturated carbocycles. The van der Waals surface area contributed by atoms with E-state index in [4.69, 9.17) is 4.98 Å². The Morgan fingerprint density at radius 1 is 1.17 bits per heavy atom. The van der Waals surface area contributed by atoms with Gasteiger partial charge in [-0.3, -0.25) is 14.2 Å². The van der Waals surface area contributed by atoms with Gasteiger partial charge in [0.1, 0.15) is 4.83 Å². The second-order valence-corrected chi connectivity index (χ2v) is 12.8. The molecule has 0 saturated heterocycles. The number of benzene rings is 1. The van der Waals surface area contributed by atoms with E-state index in [1.165, 1.54) is 28.6 Å². The number of aryl methyl sites for hydroxylation is 3. The van der Waals surface area contributed by atoms with Crippen molar-refractivity contribution in [1.29, 1.82) is 0 Å². The molecule has 0 aliphatic heterocycles. The Morgan fingerprint density at radius 2 is 1.91 bits per heavy atom. The van der Waals surface area contributed by atoms with Crippen LogP contribution in [0.5, 0.6) is 0 Å². The van der Waals surface area contributed by atoms with Crippen molar-refractivity contribution in [1.82, 2.24) is 9.55 Å². The third-order valence-electron chi connectivity index (χ3n) is 6.80. The number of nitrogens with zero attached hydrogens (tertiary/aromatic N) is 2. The Labute approximate surface area is 216 Å². The standard InChI is InChI=1S/C28H37N3O2S2/c1-16(2)14-15-31-27(33)23-21-11-7-8-13-22(21)35-26(23)30-28(31)34-19(6)25(32)29-24-18(5)10-9-12-20(24)17(3)4/h9-10,12,16-17,19H,7-8,11,13-15H2,1-6H3,(H,29,32)/t19-/m1/s1. The Morgan fingerprint density at radius 3 is 2.63 bits per heavy atom. The average Bonchev–Trinajstić information content (AvgIpc) is 3.18. The van der Waals surface area contributed by atoms with Crippen LogP contribution in [-0.2, 0) is 24.2 Å². The first-order chi connectivity index (χ1) is 16.7. The second-order valence-electron chi connectivity index (χ2n) is 10.4. The molecule has 1 N–H and O–H groups in total. The van der Waals surface area contributed by atoms with E-state index in [0.29, 0.717) is 23.5 Å². The number of amides is 1. The highest BCUT2D eigenvalue weighted by Gasteiger charge is 2.25. The van der Waals surface area contributed by atoms with Crippen LogP contribution in [0, 0.1) is 12.8 Å². The quantitative estimate of drug-likeness (QED) is 0.263. The zero-order valence-corrected chi connectivity index (χ0v) is 23.4. The van der Waals surface area contributed by atoms with Gasteiger partial charge in [0.25, 0.3) is 5.56 Å². The number of anilines is 1. The largest absolute Gasteiger partial charge is 0.325 e. The molecule has 1 amide bonds. The summed E-state index contributed by atoms with van der Waals surface area (Å²) < 4.78 is 1.83. The zero-order valence-electron chi connectivity index (χ0n) is 21.7. The van der Waals surface area contributed by atoms with Crippen LogP contribution < -0.4 is 10.9 Å². The maximum Gasteiger partial charge on any atom is 0.263 e. The number of thiophene rings is 1. The molecule has 2 aromatic heterocycles. The van der Waals surface area contributed by atoms with E-state index >= 15 is 0 Å². The molecule has 188 valence electrons. The van der Waals surface area contributed by atoms with Gasteiger partial charge in [-0.25, -0.2) is 4.98 Å². The number of aromatic nitrogens is 2. The number of hydrogen-bond donors (Lipinski definition) is 1. The van der Waals surface area contributed by atoms with Gasteiger partial charge in [0.05, 0.1) is 10.6 Å². The Balaban J connectivity index is 1.66. The first-order valence-corrected chi connectivity index (χ1v) is 14.5. The first kappa shape index (κ1) is 26.0. The van der Waals surface area contributed by atoms with Gasteiger partial charge >= 0.3 is 0 Å². The van der Waals surface area contributed by atoms with Crippen molar-refractivity contribution in [2.24, 2.45) is 5.92 Å². The fourth-order valence-corrected chi connectivity index (χ4v) is 6.91. The highest BCUT2D eigenvalue weighted by atomic mass is 32.2. The van der Waals surface area contributed by atoms with Crippen LogP contribution in [0.2, 0.25) is 0 Å². The molecular formula is C28H37N3O2S2. The topological polar surface area (TPSA) is 64.0 Å². The highest BCUT2D eigenvalue weighted by Crippen LogP contribution is 2.35. The third kappa shape index (κ3) is 5.51. The van der Waals surface area contributed by atoms with Gasteiger partial charge in [0, 0.05) is 17.1 Å². The summed E-state index contributed by atoms with van der Waals surface area (Å²) in [7, 11) is 0. The summed E-state index contributed by atoms with van der Waals surface area (Å²) in [6, 6.07) is 6.13. The molecule has 2 heterocycles. The second kappa shape index (κ2) is 10.9. The minimum Gasteiger partial charge on any atom is -0.325 e. The minimum atomic E-state index is -0.390. The normalized spacial score (nSPS) is 14.5. The molecule has 35 heavy (non-hydrogen) atoms. The molecule has 0 bridgehead atoms. The van der Waals surface area contributed by atoms with Crippen LogP contribution in [0.25, 0.3) is 10.2 Å². The predicted molar refractivity (Wildman–Crippen MR) is 149 cm³/mol. The van der Waals surface area contributed by atoms with Crippen LogP contribution in [0.15, 0.2) is 28.2 Å². The van der Waals surface area contributed by atoms with E-state index in [0.717, 1.165) is 52.7 Å². The lowest BCUT2D eigenvalue weighted by atomic mass is 9.97. The number of nitrogens with one attached hydrogen (secondary N) is 1. The first-order valence-electron chi connectivity index (χ1n) is 12.8. The Hall–Kier alpha value is -2.12. The van der Waals surface area contributed by atoms with E-state index < -0.39 is 0 Å². The molecule has 1 aliphatic rings. The molecule has 5 nitrogen and oxygen atoms in total. The monoisotopic (exact) mass is 511 g/mol. The van der Waals surface area contributed by atoms with E-state index in [1.54, 1.807) is 11.3 Å². The van der Waals surface area contributed by atoms with Crippen LogP contribution in [0.3, 0.4) is 0 Å². The summed E-state index contributed by atoms with van der Waals surface area (Å²) in [5, 5.41) is 4.25.